The Morgan fingerprint density at radius 1 is 1.25 bits per heavy atom. The molecule has 64 valence electrons. The summed E-state index contributed by atoms with van der Waals surface area (Å²) in [4.78, 5) is 10.7. The van der Waals surface area contributed by atoms with Gasteiger partial charge in [0.25, 0.3) is 5.24 Å². The van der Waals surface area contributed by atoms with Gasteiger partial charge in [-0.2, -0.15) is 0 Å². The maximum Gasteiger partial charge on any atom is 0.253 e. The van der Waals surface area contributed by atoms with Gasteiger partial charge in [-0.3, -0.25) is 4.79 Å². The van der Waals surface area contributed by atoms with Crippen LogP contribution in [0.3, 0.4) is 0 Å². The largest absolute Gasteiger partial charge is 0.397 e. The molecule has 0 saturated carbocycles. The molecular formula is C7H6Cl2N2O. The molecule has 0 amide bonds. The third kappa shape index (κ3) is 1.62. The molecule has 3 nitrogen and oxygen atoms in total. The fourth-order valence-electron chi connectivity index (χ4n) is 0.756. The number of nitrogen functional groups attached to an aromatic ring is 2. The summed E-state index contributed by atoms with van der Waals surface area (Å²) >= 11 is 10.9. The van der Waals surface area contributed by atoms with Crippen molar-refractivity contribution < 1.29 is 4.79 Å². The molecule has 0 fully saturated rings. The number of carbonyl (C=O) groups excluding carboxylic acids is 1. The molecule has 0 aliphatic carbocycles. The summed E-state index contributed by atoms with van der Waals surface area (Å²) in [6, 6.07) is 2.75. The number of anilines is 2. The predicted octanol–water partition coefficient (Wildman–Crippen LogP) is 1.88. The van der Waals surface area contributed by atoms with Crippen molar-refractivity contribution in [1.82, 2.24) is 0 Å². The average molecular weight is 205 g/mol. The van der Waals surface area contributed by atoms with Crippen LogP contribution in [0.5, 0.6) is 0 Å². The minimum Gasteiger partial charge on any atom is -0.397 e. The van der Waals surface area contributed by atoms with Crippen molar-refractivity contribution in [2.45, 2.75) is 0 Å². The lowest BCUT2D eigenvalue weighted by Gasteiger charge is -2.03. The van der Waals surface area contributed by atoms with Crippen LogP contribution < -0.4 is 11.5 Å². The van der Waals surface area contributed by atoms with Crippen molar-refractivity contribution in [3.63, 3.8) is 0 Å². The van der Waals surface area contributed by atoms with E-state index in [9.17, 15) is 4.79 Å². The van der Waals surface area contributed by atoms with Crippen molar-refractivity contribution in [3.05, 3.63) is 22.7 Å². The molecule has 0 atom stereocenters. The molecular weight excluding hydrogens is 199 g/mol. The number of hydrogen-bond donors (Lipinski definition) is 2. The highest BCUT2D eigenvalue weighted by molar-refractivity contribution is 6.68. The highest BCUT2D eigenvalue weighted by Gasteiger charge is 2.09. The van der Waals surface area contributed by atoms with E-state index in [2.05, 4.69) is 0 Å². The second-order valence-electron chi connectivity index (χ2n) is 2.23. The Labute approximate surface area is 79.2 Å². The van der Waals surface area contributed by atoms with Gasteiger partial charge in [0.1, 0.15) is 0 Å². The van der Waals surface area contributed by atoms with Crippen LogP contribution in [0, 0.1) is 0 Å². The van der Waals surface area contributed by atoms with E-state index in [4.69, 9.17) is 34.7 Å². The lowest BCUT2D eigenvalue weighted by Crippen LogP contribution is -1.98. The normalized spacial score (nSPS) is 9.83. The van der Waals surface area contributed by atoms with E-state index >= 15 is 0 Å². The third-order valence-corrected chi connectivity index (χ3v) is 1.90. The fraction of sp³-hybridized carbons (Fsp3) is 0. The second-order valence-corrected chi connectivity index (χ2v) is 2.99. The highest BCUT2D eigenvalue weighted by atomic mass is 35.5. The van der Waals surface area contributed by atoms with Crippen LogP contribution >= 0.6 is 23.2 Å². The number of benzene rings is 1. The van der Waals surface area contributed by atoms with Crippen LogP contribution in [0.25, 0.3) is 0 Å². The van der Waals surface area contributed by atoms with Gasteiger partial charge in [-0.05, 0) is 23.7 Å². The maximum absolute atomic E-state index is 10.7. The lowest BCUT2D eigenvalue weighted by atomic mass is 10.2. The Kier molecular flexibility index (Phi) is 2.45. The molecule has 12 heavy (non-hydrogen) atoms. The molecule has 1 rings (SSSR count). The van der Waals surface area contributed by atoms with E-state index in [-0.39, 0.29) is 10.6 Å². The minimum atomic E-state index is -0.647. The summed E-state index contributed by atoms with van der Waals surface area (Å²) in [5.41, 5.74) is 11.7. The first-order valence-electron chi connectivity index (χ1n) is 3.06. The van der Waals surface area contributed by atoms with Crippen LogP contribution in [0.2, 0.25) is 5.02 Å². The molecule has 1 aromatic carbocycles. The van der Waals surface area contributed by atoms with E-state index in [1.807, 2.05) is 0 Å². The molecule has 4 N–H and O–H groups in total. The molecule has 0 saturated heterocycles. The number of carbonyl (C=O) groups is 1. The molecule has 0 aliphatic heterocycles. The van der Waals surface area contributed by atoms with Crippen molar-refractivity contribution in [2.75, 3.05) is 11.5 Å². The van der Waals surface area contributed by atoms with E-state index in [0.29, 0.717) is 11.4 Å². The summed E-state index contributed by atoms with van der Waals surface area (Å²) < 4.78 is 0. The van der Waals surface area contributed by atoms with Gasteiger partial charge in [-0.1, -0.05) is 11.6 Å². The summed E-state index contributed by atoms with van der Waals surface area (Å²) in [6.45, 7) is 0. The number of rotatable bonds is 1. The Morgan fingerprint density at radius 3 is 2.25 bits per heavy atom. The Bertz CT molecular complexity index is 338. The highest BCUT2D eigenvalue weighted by Crippen LogP contribution is 2.25. The van der Waals surface area contributed by atoms with E-state index in [1.165, 1.54) is 12.1 Å². The monoisotopic (exact) mass is 204 g/mol. The summed E-state index contributed by atoms with van der Waals surface area (Å²) in [5, 5.41) is -0.437. The summed E-state index contributed by atoms with van der Waals surface area (Å²) in [7, 11) is 0. The molecule has 0 bridgehead atoms. The fourth-order valence-corrected chi connectivity index (χ4v) is 1.22. The Hall–Kier alpha value is -0.930. The van der Waals surface area contributed by atoms with Gasteiger partial charge < -0.3 is 11.5 Å². The zero-order valence-electron chi connectivity index (χ0n) is 5.97. The van der Waals surface area contributed by atoms with Crippen molar-refractivity contribution in [1.29, 1.82) is 0 Å². The zero-order chi connectivity index (χ0) is 9.30. The smallest absolute Gasteiger partial charge is 0.253 e. The molecule has 0 spiro atoms. The molecule has 1 aromatic rings. The first kappa shape index (κ1) is 9.16. The lowest BCUT2D eigenvalue weighted by molar-refractivity contribution is 0.108. The minimum absolute atomic E-state index is 0.171. The second kappa shape index (κ2) is 3.21. The molecule has 0 heterocycles. The Morgan fingerprint density at radius 2 is 1.75 bits per heavy atom. The van der Waals surface area contributed by atoms with E-state index < -0.39 is 5.24 Å². The Balaban J connectivity index is 3.33. The third-order valence-electron chi connectivity index (χ3n) is 1.38. The first-order chi connectivity index (χ1) is 5.52. The van der Waals surface area contributed by atoms with Crippen LogP contribution in [0.1, 0.15) is 10.4 Å². The first-order valence-corrected chi connectivity index (χ1v) is 3.82. The van der Waals surface area contributed by atoms with Crippen LogP contribution in [-0.4, -0.2) is 5.24 Å². The molecule has 0 aromatic heterocycles. The van der Waals surface area contributed by atoms with E-state index in [1.54, 1.807) is 0 Å². The maximum atomic E-state index is 10.7. The summed E-state index contributed by atoms with van der Waals surface area (Å²) in [5.74, 6) is 0. The molecule has 0 unspecified atom stereocenters. The number of hydrogen-bond acceptors (Lipinski definition) is 3. The van der Waals surface area contributed by atoms with E-state index in [0.717, 1.165) is 0 Å². The van der Waals surface area contributed by atoms with Gasteiger partial charge in [0.05, 0.1) is 22.0 Å². The quantitative estimate of drug-likeness (QED) is 0.543. The SMILES string of the molecule is Nc1cc(Cl)c(C(=O)Cl)cc1N. The van der Waals surface area contributed by atoms with Gasteiger partial charge in [0, 0.05) is 0 Å². The molecule has 0 aliphatic rings. The number of nitrogens with two attached hydrogens (primary N) is 2. The van der Waals surface area contributed by atoms with Crippen molar-refractivity contribution in [3.8, 4) is 0 Å². The van der Waals surface area contributed by atoms with Crippen LogP contribution in [0.4, 0.5) is 11.4 Å². The standard InChI is InChI=1S/C7H6Cl2N2O/c8-4-2-6(11)5(10)1-3(4)7(9)12/h1-2H,10-11H2. The van der Waals surface area contributed by atoms with Crippen LogP contribution in [-0.2, 0) is 0 Å². The predicted molar refractivity (Wildman–Crippen MR) is 50.5 cm³/mol. The van der Waals surface area contributed by atoms with Gasteiger partial charge in [-0.15, -0.1) is 0 Å². The summed E-state index contributed by atoms with van der Waals surface area (Å²) in [6.07, 6.45) is 0. The number of halogens is 2. The van der Waals surface area contributed by atoms with Gasteiger partial charge >= 0.3 is 0 Å². The van der Waals surface area contributed by atoms with Gasteiger partial charge in [0.2, 0.25) is 0 Å². The van der Waals surface area contributed by atoms with Crippen molar-refractivity contribution in [2.24, 2.45) is 0 Å². The van der Waals surface area contributed by atoms with Crippen molar-refractivity contribution >= 4 is 39.8 Å². The molecule has 5 heteroatoms. The average Bonchev–Trinajstić information content (AvgIpc) is 1.96. The topological polar surface area (TPSA) is 69.1 Å². The zero-order valence-corrected chi connectivity index (χ0v) is 7.49. The molecule has 0 radical (unpaired) electrons. The van der Waals surface area contributed by atoms with Gasteiger partial charge in [-0.25, -0.2) is 0 Å². The van der Waals surface area contributed by atoms with Gasteiger partial charge in [0.15, 0.2) is 0 Å². The van der Waals surface area contributed by atoms with Crippen LogP contribution in [0.15, 0.2) is 12.1 Å².